The number of rotatable bonds is 5. The van der Waals surface area contributed by atoms with Gasteiger partial charge in [-0.3, -0.25) is 4.79 Å². The molecule has 0 spiro atoms. The maximum Gasteiger partial charge on any atom is 0.237 e. The molecule has 96 valence electrons. The third-order valence-corrected chi connectivity index (χ3v) is 3.63. The Morgan fingerprint density at radius 2 is 1.50 bits per heavy atom. The highest BCUT2D eigenvalue weighted by Crippen LogP contribution is 2.22. The predicted molar refractivity (Wildman–Crippen MR) is 69.2 cm³/mol. The third-order valence-electron chi connectivity index (χ3n) is 3.63. The lowest BCUT2D eigenvalue weighted by atomic mass is 9.84. The summed E-state index contributed by atoms with van der Waals surface area (Å²) in [7, 11) is 0. The van der Waals surface area contributed by atoms with Crippen LogP contribution in [-0.4, -0.2) is 17.5 Å². The summed E-state index contributed by atoms with van der Waals surface area (Å²) in [6, 6.07) is -0.448. The molecule has 3 heteroatoms. The number of carbonyl (C=O) groups excluding carboxylic acids is 1. The Morgan fingerprint density at radius 1 is 1.12 bits per heavy atom. The van der Waals surface area contributed by atoms with Crippen molar-refractivity contribution in [2.45, 2.75) is 72.4 Å². The van der Waals surface area contributed by atoms with Crippen LogP contribution in [0.15, 0.2) is 0 Å². The molecule has 16 heavy (non-hydrogen) atoms. The molecule has 0 radical (unpaired) electrons. The molecule has 0 aliphatic heterocycles. The first-order chi connectivity index (χ1) is 7.22. The van der Waals surface area contributed by atoms with Gasteiger partial charge in [-0.15, -0.1) is 0 Å². The Balaban J connectivity index is 4.65. The van der Waals surface area contributed by atoms with Gasteiger partial charge in [-0.2, -0.15) is 0 Å². The van der Waals surface area contributed by atoms with E-state index in [4.69, 9.17) is 5.73 Å². The summed E-state index contributed by atoms with van der Waals surface area (Å²) in [5, 5.41) is 3.12. The van der Waals surface area contributed by atoms with Crippen LogP contribution in [0.4, 0.5) is 0 Å². The van der Waals surface area contributed by atoms with E-state index in [1.807, 2.05) is 20.8 Å². The summed E-state index contributed by atoms with van der Waals surface area (Å²) >= 11 is 0. The maximum atomic E-state index is 12.0. The highest BCUT2D eigenvalue weighted by atomic mass is 16.2. The molecule has 3 nitrogen and oxygen atoms in total. The van der Waals surface area contributed by atoms with Crippen LogP contribution in [0.1, 0.15) is 60.8 Å². The van der Waals surface area contributed by atoms with E-state index in [1.54, 1.807) is 0 Å². The summed E-state index contributed by atoms with van der Waals surface area (Å²) in [5.41, 5.74) is 5.68. The zero-order valence-electron chi connectivity index (χ0n) is 11.7. The Morgan fingerprint density at radius 3 is 1.75 bits per heavy atom. The molecule has 0 aromatic heterocycles. The van der Waals surface area contributed by atoms with Crippen molar-refractivity contribution in [1.29, 1.82) is 0 Å². The number of hydrogen-bond acceptors (Lipinski definition) is 2. The number of hydrogen-bond donors (Lipinski definition) is 2. The molecule has 3 N–H and O–H groups in total. The number of amides is 1. The second-order valence-corrected chi connectivity index (χ2v) is 5.67. The molecule has 0 rings (SSSR count). The van der Waals surface area contributed by atoms with Crippen molar-refractivity contribution in [2.24, 2.45) is 11.1 Å². The highest BCUT2D eigenvalue weighted by Gasteiger charge is 2.32. The van der Waals surface area contributed by atoms with Crippen LogP contribution >= 0.6 is 0 Å². The first-order valence-corrected chi connectivity index (χ1v) is 6.30. The van der Waals surface area contributed by atoms with Crippen molar-refractivity contribution in [2.75, 3.05) is 0 Å². The van der Waals surface area contributed by atoms with Crippen molar-refractivity contribution in [3.05, 3.63) is 0 Å². The lowest BCUT2D eigenvalue weighted by molar-refractivity contribution is -0.126. The molecule has 0 aromatic carbocycles. The van der Waals surface area contributed by atoms with Gasteiger partial charge < -0.3 is 11.1 Å². The fraction of sp³-hybridized carbons (Fsp3) is 0.923. The molecule has 1 amide bonds. The Bertz CT molecular complexity index is 218. The van der Waals surface area contributed by atoms with Crippen LogP contribution in [0.3, 0.4) is 0 Å². The zero-order valence-corrected chi connectivity index (χ0v) is 11.7. The average Bonchev–Trinajstić information content (AvgIpc) is 2.23. The molecule has 0 heterocycles. The molecule has 0 aliphatic carbocycles. The molecule has 0 unspecified atom stereocenters. The molecule has 0 saturated heterocycles. The average molecular weight is 228 g/mol. The summed E-state index contributed by atoms with van der Waals surface area (Å²) in [6.45, 7) is 12.3. The minimum atomic E-state index is -0.448. The number of nitrogens with one attached hydrogen (secondary N) is 1. The van der Waals surface area contributed by atoms with E-state index in [0.717, 1.165) is 19.3 Å². The molecule has 0 fully saturated rings. The fourth-order valence-corrected chi connectivity index (χ4v) is 1.75. The van der Waals surface area contributed by atoms with Crippen LogP contribution < -0.4 is 11.1 Å². The molecule has 0 saturated carbocycles. The second kappa shape index (κ2) is 5.67. The first kappa shape index (κ1) is 15.4. The normalized spacial score (nSPS) is 14.7. The van der Waals surface area contributed by atoms with Crippen molar-refractivity contribution >= 4 is 5.91 Å². The minimum Gasteiger partial charge on any atom is -0.349 e. The summed E-state index contributed by atoms with van der Waals surface area (Å²) < 4.78 is 0. The summed E-state index contributed by atoms with van der Waals surface area (Å²) in [5.74, 6) is -0.0296. The van der Waals surface area contributed by atoms with E-state index < -0.39 is 6.04 Å². The van der Waals surface area contributed by atoms with Crippen molar-refractivity contribution in [1.82, 2.24) is 5.32 Å². The largest absolute Gasteiger partial charge is 0.349 e. The zero-order chi connectivity index (χ0) is 13.0. The van der Waals surface area contributed by atoms with Crippen molar-refractivity contribution in [3.63, 3.8) is 0 Å². The van der Waals surface area contributed by atoms with Crippen LogP contribution in [0, 0.1) is 5.41 Å². The maximum absolute atomic E-state index is 12.0. The monoisotopic (exact) mass is 228 g/mol. The van der Waals surface area contributed by atoms with E-state index in [0.29, 0.717) is 0 Å². The SMILES string of the molecule is CCC(CC)(CC)NC(=O)[C@@H](N)C(C)(C)C. The first-order valence-electron chi connectivity index (χ1n) is 6.30. The number of nitrogens with two attached hydrogens (primary N) is 1. The van der Waals surface area contributed by atoms with Crippen LogP contribution in [0.2, 0.25) is 0 Å². The van der Waals surface area contributed by atoms with Gasteiger partial charge in [0.2, 0.25) is 5.91 Å². The molecule has 0 aliphatic rings. The lowest BCUT2D eigenvalue weighted by Crippen LogP contribution is -2.56. The van der Waals surface area contributed by atoms with Gasteiger partial charge in [0.1, 0.15) is 0 Å². The van der Waals surface area contributed by atoms with Gasteiger partial charge in [0.05, 0.1) is 6.04 Å². The van der Waals surface area contributed by atoms with E-state index in [9.17, 15) is 4.79 Å². The Labute approximate surface area is 100 Å². The van der Waals surface area contributed by atoms with Gasteiger partial charge in [-0.1, -0.05) is 41.5 Å². The van der Waals surface area contributed by atoms with Crippen LogP contribution in [-0.2, 0) is 4.79 Å². The third kappa shape index (κ3) is 3.78. The minimum absolute atomic E-state index is 0.0296. The second-order valence-electron chi connectivity index (χ2n) is 5.67. The Kier molecular flexibility index (Phi) is 5.47. The van der Waals surface area contributed by atoms with E-state index >= 15 is 0 Å². The molecular weight excluding hydrogens is 200 g/mol. The fourth-order valence-electron chi connectivity index (χ4n) is 1.75. The van der Waals surface area contributed by atoms with Crippen molar-refractivity contribution in [3.8, 4) is 0 Å². The van der Waals surface area contributed by atoms with Gasteiger partial charge in [0.15, 0.2) is 0 Å². The van der Waals surface area contributed by atoms with E-state index in [2.05, 4.69) is 26.1 Å². The standard InChI is InChI=1S/C13H28N2O/c1-7-13(8-2,9-3)15-11(16)10(14)12(4,5)6/h10H,7-9,14H2,1-6H3,(H,15,16)/t10-/m1/s1. The predicted octanol–water partition coefficient (Wildman–Crippen LogP) is 2.44. The highest BCUT2D eigenvalue weighted by molar-refractivity contribution is 5.83. The van der Waals surface area contributed by atoms with Gasteiger partial charge >= 0.3 is 0 Å². The lowest BCUT2D eigenvalue weighted by Gasteiger charge is -2.35. The number of carbonyl (C=O) groups is 1. The van der Waals surface area contributed by atoms with Gasteiger partial charge in [0.25, 0.3) is 0 Å². The van der Waals surface area contributed by atoms with E-state index in [-0.39, 0.29) is 16.9 Å². The van der Waals surface area contributed by atoms with Crippen LogP contribution in [0.5, 0.6) is 0 Å². The van der Waals surface area contributed by atoms with Crippen molar-refractivity contribution < 1.29 is 4.79 Å². The summed E-state index contributed by atoms with van der Waals surface area (Å²) in [4.78, 5) is 12.0. The van der Waals surface area contributed by atoms with E-state index in [1.165, 1.54) is 0 Å². The quantitative estimate of drug-likeness (QED) is 0.759. The Hall–Kier alpha value is -0.570. The molecule has 0 bridgehead atoms. The summed E-state index contributed by atoms with van der Waals surface area (Å²) in [6.07, 6.45) is 2.84. The smallest absolute Gasteiger partial charge is 0.237 e. The molecular formula is C13H28N2O. The van der Waals surface area contributed by atoms with Gasteiger partial charge in [0, 0.05) is 5.54 Å². The van der Waals surface area contributed by atoms with Gasteiger partial charge in [-0.25, -0.2) is 0 Å². The molecule has 1 atom stereocenters. The molecule has 0 aromatic rings. The topological polar surface area (TPSA) is 55.1 Å². The van der Waals surface area contributed by atoms with Gasteiger partial charge in [-0.05, 0) is 24.7 Å². The van der Waals surface area contributed by atoms with Crippen LogP contribution in [0.25, 0.3) is 0 Å².